The first-order valence-electron chi connectivity index (χ1n) is 8.59. The molecule has 0 bridgehead atoms. The molecule has 2 aromatic carbocycles. The van der Waals surface area contributed by atoms with Crippen molar-refractivity contribution in [3.63, 3.8) is 0 Å². The average Bonchev–Trinajstić information content (AvgIpc) is 3.34. The number of halogens is 1. The molecule has 2 heterocycles. The second kappa shape index (κ2) is 8.02. The number of benzene rings is 2. The second-order valence-corrected chi connectivity index (χ2v) is 8.01. The molecule has 1 amide bonds. The van der Waals surface area contributed by atoms with Crippen LogP contribution in [0.1, 0.15) is 16.8 Å². The van der Waals surface area contributed by atoms with Gasteiger partial charge in [0.15, 0.2) is 5.13 Å². The van der Waals surface area contributed by atoms with E-state index in [1.54, 1.807) is 17.4 Å². The Labute approximate surface area is 169 Å². The molecule has 0 radical (unpaired) electrons. The molecule has 0 fully saturated rings. The Morgan fingerprint density at radius 2 is 2.04 bits per heavy atom. The van der Waals surface area contributed by atoms with Crippen molar-refractivity contribution in [1.82, 2.24) is 14.5 Å². The summed E-state index contributed by atoms with van der Waals surface area (Å²) in [5.41, 5.74) is 1.57. The van der Waals surface area contributed by atoms with Gasteiger partial charge in [-0.25, -0.2) is 9.97 Å². The number of hydrogen-bond donors (Lipinski definition) is 0. The molecule has 4 aromatic rings. The third kappa shape index (κ3) is 4.09. The van der Waals surface area contributed by atoms with Gasteiger partial charge in [0.1, 0.15) is 0 Å². The van der Waals surface area contributed by atoms with Crippen molar-refractivity contribution in [3.8, 4) is 0 Å². The number of aromatic nitrogens is 3. The summed E-state index contributed by atoms with van der Waals surface area (Å²) in [5, 5.41) is 0.725. The molecule has 0 atom stereocenters. The highest BCUT2D eigenvalue weighted by Gasteiger charge is 2.21. The second-order valence-electron chi connectivity index (χ2n) is 6.09. The summed E-state index contributed by atoms with van der Waals surface area (Å²) >= 11 is 5.03. The van der Waals surface area contributed by atoms with E-state index < -0.39 is 0 Å². The summed E-state index contributed by atoms with van der Waals surface area (Å²) in [6.45, 7) is 1.39. The van der Waals surface area contributed by atoms with Crippen LogP contribution in [0.15, 0.2) is 71.7 Å². The lowest BCUT2D eigenvalue weighted by molar-refractivity contribution is 0.0986. The Bertz CT molecular complexity index is 1050. The Morgan fingerprint density at radius 3 is 2.81 bits per heavy atom. The van der Waals surface area contributed by atoms with Gasteiger partial charge in [-0.05, 0) is 36.8 Å². The van der Waals surface area contributed by atoms with E-state index in [1.807, 2.05) is 59.3 Å². The van der Waals surface area contributed by atoms with Crippen molar-refractivity contribution < 1.29 is 4.79 Å². The predicted molar refractivity (Wildman–Crippen MR) is 112 cm³/mol. The third-order valence-electron chi connectivity index (χ3n) is 4.19. The summed E-state index contributed by atoms with van der Waals surface area (Å²) in [6, 6.07) is 15.3. The molecular weight excluding hydrogens is 424 g/mol. The maximum absolute atomic E-state index is 13.1. The fraction of sp³-hybridized carbons (Fsp3) is 0.150. The van der Waals surface area contributed by atoms with Gasteiger partial charge in [0.2, 0.25) is 0 Å². The Hall–Kier alpha value is -2.51. The van der Waals surface area contributed by atoms with Crippen molar-refractivity contribution in [2.24, 2.45) is 0 Å². The van der Waals surface area contributed by atoms with E-state index in [0.717, 1.165) is 32.8 Å². The van der Waals surface area contributed by atoms with Crippen LogP contribution in [0.3, 0.4) is 0 Å². The number of anilines is 1. The highest BCUT2D eigenvalue weighted by atomic mass is 79.9. The Balaban J connectivity index is 1.62. The molecule has 7 heteroatoms. The normalized spacial score (nSPS) is 11.0. The molecule has 0 spiro atoms. The summed E-state index contributed by atoms with van der Waals surface area (Å²) in [4.78, 5) is 23.7. The number of nitrogens with zero attached hydrogens (tertiary/aromatic N) is 4. The molecular formula is C20H17BrN4OS. The van der Waals surface area contributed by atoms with E-state index in [0.29, 0.717) is 12.1 Å². The zero-order valence-corrected chi connectivity index (χ0v) is 16.9. The van der Waals surface area contributed by atoms with E-state index in [2.05, 4.69) is 20.9 Å². The molecule has 136 valence electrons. The first kappa shape index (κ1) is 17.9. The highest BCUT2D eigenvalue weighted by molar-refractivity contribution is 9.10. The molecule has 0 aliphatic heterocycles. The molecule has 5 nitrogen and oxygen atoms in total. The molecule has 0 N–H and O–H groups in total. The van der Waals surface area contributed by atoms with Gasteiger partial charge in [0.05, 0.1) is 16.5 Å². The summed E-state index contributed by atoms with van der Waals surface area (Å²) in [6.07, 6.45) is 6.30. The topological polar surface area (TPSA) is 51.0 Å². The van der Waals surface area contributed by atoms with Gasteiger partial charge in [-0.3, -0.25) is 9.69 Å². The van der Waals surface area contributed by atoms with E-state index in [9.17, 15) is 4.79 Å². The first-order chi connectivity index (χ1) is 13.2. The van der Waals surface area contributed by atoms with Crippen LogP contribution in [0.5, 0.6) is 0 Å². The fourth-order valence-electron chi connectivity index (χ4n) is 2.85. The average molecular weight is 441 g/mol. The number of carbonyl (C=O) groups is 1. The van der Waals surface area contributed by atoms with Crippen LogP contribution in [-0.2, 0) is 6.54 Å². The van der Waals surface area contributed by atoms with Crippen LogP contribution < -0.4 is 4.90 Å². The van der Waals surface area contributed by atoms with Crippen LogP contribution in [0.25, 0.3) is 10.2 Å². The monoisotopic (exact) mass is 440 g/mol. The molecule has 0 unspecified atom stereocenters. The minimum absolute atomic E-state index is 0.0284. The first-order valence-corrected chi connectivity index (χ1v) is 10.2. The van der Waals surface area contributed by atoms with Gasteiger partial charge in [-0.1, -0.05) is 45.5 Å². The zero-order chi connectivity index (χ0) is 18.6. The largest absolute Gasteiger partial charge is 0.337 e. The molecule has 27 heavy (non-hydrogen) atoms. The Morgan fingerprint density at radius 1 is 1.19 bits per heavy atom. The van der Waals surface area contributed by atoms with Gasteiger partial charge in [0, 0.05) is 35.5 Å². The molecule has 0 saturated heterocycles. The van der Waals surface area contributed by atoms with Gasteiger partial charge in [0.25, 0.3) is 5.91 Å². The maximum atomic E-state index is 13.1. The van der Waals surface area contributed by atoms with E-state index in [4.69, 9.17) is 4.98 Å². The molecule has 0 aliphatic carbocycles. The van der Waals surface area contributed by atoms with E-state index in [1.165, 1.54) is 11.3 Å². The van der Waals surface area contributed by atoms with Gasteiger partial charge < -0.3 is 4.57 Å². The third-order valence-corrected chi connectivity index (χ3v) is 5.73. The van der Waals surface area contributed by atoms with Gasteiger partial charge in [-0.15, -0.1) is 0 Å². The number of carbonyl (C=O) groups excluding carboxylic acids is 1. The number of rotatable bonds is 6. The molecule has 0 saturated carbocycles. The van der Waals surface area contributed by atoms with Crippen LogP contribution >= 0.6 is 27.3 Å². The summed E-state index contributed by atoms with van der Waals surface area (Å²) in [5.74, 6) is -0.0284. The Kier molecular flexibility index (Phi) is 5.31. The number of fused-ring (bicyclic) bond motifs is 1. The van der Waals surface area contributed by atoms with Crippen molar-refractivity contribution in [2.75, 3.05) is 11.4 Å². The number of amides is 1. The van der Waals surface area contributed by atoms with E-state index in [-0.39, 0.29) is 5.91 Å². The smallest absolute Gasteiger partial charge is 0.260 e. The minimum Gasteiger partial charge on any atom is -0.337 e. The standard InChI is InChI=1S/C20H17BrN4OS/c21-16-7-8-17-18(13-16)27-20(23-17)25(11-4-10-24-12-9-22-14-24)19(26)15-5-2-1-3-6-15/h1-3,5-9,12-14H,4,10-11H2. The van der Waals surface area contributed by atoms with E-state index >= 15 is 0 Å². The lowest BCUT2D eigenvalue weighted by Gasteiger charge is -2.20. The molecule has 2 aromatic heterocycles. The lowest BCUT2D eigenvalue weighted by atomic mass is 10.2. The lowest BCUT2D eigenvalue weighted by Crippen LogP contribution is -2.32. The summed E-state index contributed by atoms with van der Waals surface area (Å²) < 4.78 is 4.08. The SMILES string of the molecule is O=C(c1ccccc1)N(CCCn1ccnc1)c1nc2ccc(Br)cc2s1. The van der Waals surface area contributed by atoms with Crippen molar-refractivity contribution in [1.29, 1.82) is 0 Å². The quantitative estimate of drug-likeness (QED) is 0.424. The van der Waals surface area contributed by atoms with Crippen LogP contribution in [-0.4, -0.2) is 27.0 Å². The van der Waals surface area contributed by atoms with Crippen molar-refractivity contribution >= 4 is 48.5 Å². The van der Waals surface area contributed by atoms with Crippen LogP contribution in [0, 0.1) is 0 Å². The molecule has 4 rings (SSSR count). The minimum atomic E-state index is -0.0284. The number of imidazole rings is 1. The van der Waals surface area contributed by atoms with Crippen LogP contribution in [0.4, 0.5) is 5.13 Å². The van der Waals surface area contributed by atoms with Crippen LogP contribution in [0.2, 0.25) is 0 Å². The van der Waals surface area contributed by atoms with Gasteiger partial charge >= 0.3 is 0 Å². The number of hydrogen-bond acceptors (Lipinski definition) is 4. The zero-order valence-electron chi connectivity index (χ0n) is 14.5. The van der Waals surface area contributed by atoms with Crippen molar-refractivity contribution in [3.05, 3.63) is 77.3 Å². The van der Waals surface area contributed by atoms with Crippen molar-refractivity contribution in [2.45, 2.75) is 13.0 Å². The van der Waals surface area contributed by atoms with Gasteiger partial charge in [-0.2, -0.15) is 0 Å². The maximum Gasteiger partial charge on any atom is 0.260 e. The fourth-order valence-corrected chi connectivity index (χ4v) is 4.39. The molecule has 0 aliphatic rings. The number of thiazole rings is 1. The highest BCUT2D eigenvalue weighted by Crippen LogP contribution is 2.31. The predicted octanol–water partition coefficient (Wildman–Crippen LogP) is 4.99. The summed E-state index contributed by atoms with van der Waals surface area (Å²) in [7, 11) is 0. The number of aryl methyl sites for hydroxylation is 1.